The molecule has 1 fully saturated rings. The van der Waals surface area contributed by atoms with E-state index in [0.717, 1.165) is 16.7 Å². The highest BCUT2D eigenvalue weighted by molar-refractivity contribution is 8.18. The lowest BCUT2D eigenvalue weighted by Crippen LogP contribution is -2.35. The number of esters is 2. The molecule has 2 aromatic carbocycles. The van der Waals surface area contributed by atoms with Crippen LogP contribution in [-0.2, 0) is 14.3 Å². The molecule has 1 heterocycles. The van der Waals surface area contributed by atoms with Gasteiger partial charge < -0.3 is 9.47 Å². The van der Waals surface area contributed by atoms with Crippen LogP contribution in [0.2, 0.25) is 5.02 Å². The molecule has 1 aliphatic heterocycles. The number of nitrogens with zero attached hydrogens (tertiary/aromatic N) is 1. The maximum Gasteiger partial charge on any atom is 0.343 e. The Hall–Kier alpha value is -3.10. The Morgan fingerprint density at radius 3 is 2.52 bits per heavy atom. The van der Waals surface area contributed by atoms with E-state index in [0.29, 0.717) is 16.1 Å². The molecule has 0 saturated carbocycles. The van der Waals surface area contributed by atoms with Gasteiger partial charge in [0.2, 0.25) is 0 Å². The van der Waals surface area contributed by atoms with Crippen molar-refractivity contribution in [3.8, 4) is 5.75 Å². The van der Waals surface area contributed by atoms with Gasteiger partial charge >= 0.3 is 11.9 Å². The first kappa shape index (κ1) is 22.6. The van der Waals surface area contributed by atoms with Gasteiger partial charge in [0.15, 0.2) is 0 Å². The Morgan fingerprint density at radius 1 is 1.13 bits per heavy atom. The molecule has 0 unspecified atom stereocenters. The lowest BCUT2D eigenvalue weighted by atomic mass is 10.2. The van der Waals surface area contributed by atoms with Gasteiger partial charge in [-0.15, -0.1) is 0 Å². The Balaban J connectivity index is 1.71. The fourth-order valence-electron chi connectivity index (χ4n) is 2.64. The van der Waals surface area contributed by atoms with Crippen LogP contribution in [0.15, 0.2) is 53.4 Å². The zero-order valence-corrected chi connectivity index (χ0v) is 18.2. The molecule has 0 radical (unpaired) electrons. The minimum atomic E-state index is -0.658. The number of imide groups is 1. The average molecular weight is 460 g/mol. The molecule has 0 aliphatic carbocycles. The molecule has 0 aromatic heterocycles. The summed E-state index contributed by atoms with van der Waals surface area (Å²) in [6, 6.07) is 12.8. The van der Waals surface area contributed by atoms with Gasteiger partial charge in [-0.2, -0.15) is 0 Å². The molecular weight excluding hydrogens is 442 g/mol. The van der Waals surface area contributed by atoms with Gasteiger partial charge in [0, 0.05) is 5.02 Å². The molecule has 1 saturated heterocycles. The predicted molar refractivity (Wildman–Crippen MR) is 117 cm³/mol. The van der Waals surface area contributed by atoms with Crippen molar-refractivity contribution in [1.29, 1.82) is 0 Å². The number of carbonyl (C=O) groups excluding carboxylic acids is 4. The highest BCUT2D eigenvalue weighted by Crippen LogP contribution is 2.32. The van der Waals surface area contributed by atoms with Crippen LogP contribution in [0.25, 0.3) is 6.08 Å². The lowest BCUT2D eigenvalue weighted by molar-refractivity contribution is -0.149. The molecule has 2 aromatic rings. The summed E-state index contributed by atoms with van der Waals surface area (Å²) in [6.07, 6.45) is 1.15. The van der Waals surface area contributed by atoms with E-state index in [1.54, 1.807) is 62.4 Å². The van der Waals surface area contributed by atoms with Crippen LogP contribution >= 0.6 is 23.4 Å². The second kappa shape index (κ2) is 9.80. The summed E-state index contributed by atoms with van der Waals surface area (Å²) >= 11 is 6.55. The number of ether oxygens (including phenoxy) is 2. The van der Waals surface area contributed by atoms with E-state index in [4.69, 9.17) is 21.1 Å². The van der Waals surface area contributed by atoms with E-state index >= 15 is 0 Å². The zero-order chi connectivity index (χ0) is 22.5. The van der Waals surface area contributed by atoms with Gasteiger partial charge in [-0.25, -0.2) is 4.79 Å². The van der Waals surface area contributed by atoms with Crippen LogP contribution in [0, 0.1) is 0 Å². The smallest absolute Gasteiger partial charge is 0.343 e. The summed E-state index contributed by atoms with van der Waals surface area (Å²) in [6.45, 7) is 2.91. The molecule has 0 atom stereocenters. The Kier molecular flexibility index (Phi) is 7.14. The summed E-state index contributed by atoms with van der Waals surface area (Å²) in [5, 5.41) is -0.0489. The van der Waals surface area contributed by atoms with Crippen LogP contribution in [0.1, 0.15) is 29.8 Å². The molecule has 2 amide bonds. The number of benzene rings is 2. The third kappa shape index (κ3) is 5.96. The Bertz CT molecular complexity index is 1060. The van der Waals surface area contributed by atoms with Crippen molar-refractivity contribution in [2.45, 2.75) is 20.0 Å². The number of carbonyl (C=O) groups is 4. The van der Waals surface area contributed by atoms with Crippen molar-refractivity contribution in [2.75, 3.05) is 6.54 Å². The van der Waals surface area contributed by atoms with Crippen LogP contribution < -0.4 is 4.74 Å². The van der Waals surface area contributed by atoms with Crippen LogP contribution in [0.5, 0.6) is 5.75 Å². The summed E-state index contributed by atoms with van der Waals surface area (Å²) in [7, 11) is 0. The standard InChI is InChI=1S/C22H18ClNO6S/c1-13(2)29-19(25)12-24-20(26)18(31-22(24)28)11-14-4-3-5-17(10-14)30-21(27)15-6-8-16(23)9-7-15/h3-11,13H,12H2,1-2H3/b18-11-. The summed E-state index contributed by atoms with van der Waals surface area (Å²) in [5.41, 5.74) is 0.890. The maximum atomic E-state index is 12.5. The number of thioether (sulfide) groups is 1. The van der Waals surface area contributed by atoms with Crippen LogP contribution in [0.3, 0.4) is 0 Å². The SMILES string of the molecule is CC(C)OC(=O)CN1C(=O)S/C(=C\c2cccc(OC(=O)c3ccc(Cl)cc3)c2)C1=O. The third-order valence-corrected chi connectivity index (χ3v) is 5.13. The van der Waals surface area contributed by atoms with Crippen molar-refractivity contribution in [3.63, 3.8) is 0 Å². The van der Waals surface area contributed by atoms with Gasteiger partial charge in [-0.3, -0.25) is 19.3 Å². The Morgan fingerprint density at radius 2 is 1.84 bits per heavy atom. The molecule has 0 bridgehead atoms. The summed E-state index contributed by atoms with van der Waals surface area (Å²) in [5.74, 6) is -1.53. The normalized spacial score (nSPS) is 15.0. The first-order valence-electron chi connectivity index (χ1n) is 9.25. The Labute approximate surface area is 188 Å². The fourth-order valence-corrected chi connectivity index (χ4v) is 3.60. The highest BCUT2D eigenvalue weighted by Gasteiger charge is 2.36. The van der Waals surface area contributed by atoms with Crippen LogP contribution in [-0.4, -0.2) is 40.6 Å². The number of hydrogen-bond donors (Lipinski definition) is 0. The quantitative estimate of drug-likeness (QED) is 0.355. The van der Waals surface area contributed by atoms with Gasteiger partial charge in [0.1, 0.15) is 12.3 Å². The monoisotopic (exact) mass is 459 g/mol. The summed E-state index contributed by atoms with van der Waals surface area (Å²) in [4.78, 5) is 49.7. The van der Waals surface area contributed by atoms with E-state index in [1.165, 1.54) is 6.08 Å². The molecule has 9 heteroatoms. The molecule has 7 nitrogen and oxygen atoms in total. The van der Waals surface area contributed by atoms with E-state index in [1.807, 2.05) is 0 Å². The molecule has 31 heavy (non-hydrogen) atoms. The highest BCUT2D eigenvalue weighted by atomic mass is 35.5. The van der Waals surface area contributed by atoms with Crippen LogP contribution in [0.4, 0.5) is 4.79 Å². The minimum absolute atomic E-state index is 0.156. The molecule has 1 aliphatic rings. The topological polar surface area (TPSA) is 90.0 Å². The fraction of sp³-hybridized carbons (Fsp3) is 0.182. The van der Waals surface area contributed by atoms with Crippen molar-refractivity contribution in [2.24, 2.45) is 0 Å². The number of halogens is 1. The first-order valence-corrected chi connectivity index (χ1v) is 10.4. The van der Waals surface area contributed by atoms with Crippen molar-refractivity contribution < 1.29 is 28.7 Å². The second-order valence-corrected chi connectivity index (χ2v) is 8.20. The molecule has 3 rings (SSSR count). The maximum absolute atomic E-state index is 12.5. The average Bonchev–Trinajstić information content (AvgIpc) is 2.95. The largest absolute Gasteiger partial charge is 0.462 e. The van der Waals surface area contributed by atoms with Gasteiger partial charge in [-0.1, -0.05) is 23.7 Å². The number of rotatable bonds is 6. The van der Waals surface area contributed by atoms with E-state index in [-0.39, 0.29) is 16.8 Å². The zero-order valence-electron chi connectivity index (χ0n) is 16.7. The van der Waals surface area contributed by atoms with Crippen molar-refractivity contribution >= 4 is 52.5 Å². The molecule has 0 spiro atoms. The van der Waals surface area contributed by atoms with E-state index in [2.05, 4.69) is 0 Å². The number of amides is 2. The molecule has 160 valence electrons. The van der Waals surface area contributed by atoms with Gasteiger partial charge in [0.25, 0.3) is 11.1 Å². The first-order chi connectivity index (χ1) is 14.7. The lowest BCUT2D eigenvalue weighted by Gasteiger charge is -2.13. The van der Waals surface area contributed by atoms with Gasteiger partial charge in [0.05, 0.1) is 16.6 Å². The predicted octanol–water partition coefficient (Wildman–Crippen LogP) is 4.55. The summed E-state index contributed by atoms with van der Waals surface area (Å²) < 4.78 is 10.4. The number of hydrogen-bond acceptors (Lipinski definition) is 7. The minimum Gasteiger partial charge on any atom is -0.462 e. The molecule has 0 N–H and O–H groups in total. The van der Waals surface area contributed by atoms with E-state index < -0.39 is 29.6 Å². The molecular formula is C22H18ClNO6S. The van der Waals surface area contributed by atoms with E-state index in [9.17, 15) is 19.2 Å². The van der Waals surface area contributed by atoms with Crippen molar-refractivity contribution in [3.05, 3.63) is 69.6 Å². The van der Waals surface area contributed by atoms with Gasteiger partial charge in [-0.05, 0) is 73.6 Å². The second-order valence-electron chi connectivity index (χ2n) is 6.78. The third-order valence-electron chi connectivity index (χ3n) is 3.97. The van der Waals surface area contributed by atoms with Crippen molar-refractivity contribution in [1.82, 2.24) is 4.90 Å².